The van der Waals surface area contributed by atoms with E-state index in [0.29, 0.717) is 21.8 Å². The maximum atomic E-state index is 14.1. The Morgan fingerprint density at radius 3 is 2.79 bits per heavy atom. The molecule has 1 aromatic carbocycles. The van der Waals surface area contributed by atoms with Crippen molar-refractivity contribution in [3.05, 3.63) is 28.6 Å². The largest absolute Gasteiger partial charge is 0.302 e. The zero-order chi connectivity index (χ0) is 17.1. The minimum Gasteiger partial charge on any atom is -0.302 e. The van der Waals surface area contributed by atoms with Crippen LogP contribution in [0.3, 0.4) is 0 Å². The van der Waals surface area contributed by atoms with Crippen molar-refractivity contribution in [2.75, 3.05) is 0 Å². The van der Waals surface area contributed by atoms with Gasteiger partial charge in [0.2, 0.25) is 5.91 Å². The first-order valence-corrected chi connectivity index (χ1v) is 8.89. The SMILES string of the molecule is C#CCn1c(=NC(=O)CC2CCCCC2)sc2cc(F)cc(F)c21. The monoisotopic (exact) mass is 348 g/mol. The lowest BCUT2D eigenvalue weighted by Crippen LogP contribution is -2.18. The number of benzene rings is 1. The van der Waals surface area contributed by atoms with Gasteiger partial charge in [0.25, 0.3) is 0 Å². The Morgan fingerprint density at radius 2 is 2.08 bits per heavy atom. The number of thiazole rings is 1. The molecule has 0 spiro atoms. The number of halogens is 2. The van der Waals surface area contributed by atoms with Crippen LogP contribution in [0.1, 0.15) is 38.5 Å². The first-order valence-electron chi connectivity index (χ1n) is 8.08. The van der Waals surface area contributed by atoms with E-state index in [9.17, 15) is 13.6 Å². The molecule has 0 N–H and O–H groups in total. The summed E-state index contributed by atoms with van der Waals surface area (Å²) in [7, 11) is 0. The highest BCUT2D eigenvalue weighted by Crippen LogP contribution is 2.27. The number of nitrogens with zero attached hydrogens (tertiary/aromatic N) is 2. The second-order valence-corrected chi connectivity index (χ2v) is 7.13. The lowest BCUT2D eigenvalue weighted by Gasteiger charge is -2.19. The van der Waals surface area contributed by atoms with E-state index in [1.165, 1.54) is 17.1 Å². The molecule has 2 aromatic rings. The Hall–Kier alpha value is -2.00. The molecule has 1 aromatic heterocycles. The molecule has 0 aliphatic heterocycles. The number of aromatic nitrogens is 1. The number of fused-ring (bicyclic) bond motifs is 1. The topological polar surface area (TPSA) is 34.4 Å². The highest BCUT2D eigenvalue weighted by molar-refractivity contribution is 7.16. The summed E-state index contributed by atoms with van der Waals surface area (Å²) < 4.78 is 29.4. The lowest BCUT2D eigenvalue weighted by molar-refractivity contribution is -0.119. The lowest BCUT2D eigenvalue weighted by atomic mass is 9.87. The maximum Gasteiger partial charge on any atom is 0.248 e. The third kappa shape index (κ3) is 3.57. The van der Waals surface area contributed by atoms with Crippen LogP contribution >= 0.6 is 11.3 Å². The molecule has 0 radical (unpaired) electrons. The minimum absolute atomic E-state index is 0.0814. The summed E-state index contributed by atoms with van der Waals surface area (Å²) in [6.45, 7) is 0.0814. The van der Waals surface area contributed by atoms with Gasteiger partial charge in [-0.25, -0.2) is 8.78 Å². The first kappa shape index (κ1) is 16.8. The second kappa shape index (κ2) is 7.27. The normalized spacial score (nSPS) is 16.5. The zero-order valence-electron chi connectivity index (χ0n) is 13.2. The van der Waals surface area contributed by atoms with Gasteiger partial charge in [-0.2, -0.15) is 4.99 Å². The van der Waals surface area contributed by atoms with Gasteiger partial charge in [-0.05, 0) is 24.8 Å². The molecule has 0 saturated heterocycles. The standard InChI is InChI=1S/C18H18F2N2OS/c1-2-8-22-17-14(20)10-13(19)11-15(17)24-18(22)21-16(23)9-12-6-4-3-5-7-12/h1,10-12H,3-9H2. The number of hydrogen-bond donors (Lipinski definition) is 0. The summed E-state index contributed by atoms with van der Waals surface area (Å²) in [6, 6.07) is 2.05. The highest BCUT2D eigenvalue weighted by atomic mass is 32.1. The molecular formula is C18H18F2N2OS. The van der Waals surface area contributed by atoms with Gasteiger partial charge >= 0.3 is 0 Å². The summed E-state index contributed by atoms with van der Waals surface area (Å²) >= 11 is 1.08. The molecule has 1 heterocycles. The molecule has 1 amide bonds. The van der Waals surface area contributed by atoms with Gasteiger partial charge in [-0.1, -0.05) is 36.5 Å². The average Bonchev–Trinajstić information content (AvgIpc) is 2.86. The number of hydrogen-bond acceptors (Lipinski definition) is 2. The van der Waals surface area contributed by atoms with Crippen LogP contribution in [0.4, 0.5) is 8.78 Å². The van der Waals surface area contributed by atoms with E-state index in [-0.39, 0.29) is 18.0 Å². The Morgan fingerprint density at radius 1 is 1.33 bits per heavy atom. The second-order valence-electron chi connectivity index (χ2n) is 6.12. The van der Waals surface area contributed by atoms with E-state index in [1.807, 2.05) is 0 Å². The van der Waals surface area contributed by atoms with Gasteiger partial charge in [-0.15, -0.1) is 6.42 Å². The molecule has 1 fully saturated rings. The van der Waals surface area contributed by atoms with Crippen LogP contribution in [0, 0.1) is 29.9 Å². The van der Waals surface area contributed by atoms with Crippen molar-refractivity contribution in [1.82, 2.24) is 4.57 Å². The van der Waals surface area contributed by atoms with E-state index in [2.05, 4.69) is 10.9 Å². The summed E-state index contributed by atoms with van der Waals surface area (Å²) in [6.07, 6.45) is 11.4. The van der Waals surface area contributed by atoms with Crippen molar-refractivity contribution in [3.63, 3.8) is 0 Å². The molecule has 6 heteroatoms. The summed E-state index contributed by atoms with van der Waals surface area (Å²) in [5.74, 6) is 1.23. The molecular weight excluding hydrogens is 330 g/mol. The van der Waals surface area contributed by atoms with Gasteiger partial charge in [0, 0.05) is 12.5 Å². The third-order valence-electron chi connectivity index (χ3n) is 4.35. The molecule has 1 aliphatic rings. The van der Waals surface area contributed by atoms with Gasteiger partial charge in [0.05, 0.1) is 16.8 Å². The maximum absolute atomic E-state index is 14.1. The molecule has 3 nitrogen and oxygen atoms in total. The van der Waals surface area contributed by atoms with E-state index < -0.39 is 11.6 Å². The van der Waals surface area contributed by atoms with Crippen molar-refractivity contribution >= 4 is 27.5 Å². The first-order chi connectivity index (χ1) is 11.6. The number of carbonyl (C=O) groups excluding carboxylic acids is 1. The van der Waals surface area contributed by atoms with Crippen LogP contribution in [-0.2, 0) is 11.3 Å². The molecule has 1 aliphatic carbocycles. The van der Waals surface area contributed by atoms with Crippen molar-refractivity contribution in [1.29, 1.82) is 0 Å². The fraction of sp³-hybridized carbons (Fsp3) is 0.444. The molecule has 0 atom stereocenters. The Balaban J connectivity index is 1.98. The summed E-state index contributed by atoms with van der Waals surface area (Å²) in [4.78, 5) is 16.7. The third-order valence-corrected chi connectivity index (χ3v) is 5.38. The van der Waals surface area contributed by atoms with Crippen molar-refractivity contribution in [2.45, 2.75) is 45.1 Å². The van der Waals surface area contributed by atoms with E-state index >= 15 is 0 Å². The van der Waals surface area contributed by atoms with Crippen molar-refractivity contribution in [3.8, 4) is 12.3 Å². The van der Waals surface area contributed by atoms with Crippen molar-refractivity contribution < 1.29 is 13.6 Å². The highest BCUT2D eigenvalue weighted by Gasteiger charge is 2.18. The fourth-order valence-electron chi connectivity index (χ4n) is 3.24. The van der Waals surface area contributed by atoms with Crippen LogP contribution in [0.2, 0.25) is 0 Å². The number of rotatable bonds is 3. The molecule has 24 heavy (non-hydrogen) atoms. The quantitative estimate of drug-likeness (QED) is 0.772. The Kier molecular flexibility index (Phi) is 5.10. The Labute approximate surface area is 143 Å². The van der Waals surface area contributed by atoms with Crippen LogP contribution in [-0.4, -0.2) is 10.5 Å². The van der Waals surface area contributed by atoms with Gasteiger partial charge in [0.15, 0.2) is 10.6 Å². The Bertz CT molecular complexity index is 869. The predicted octanol–water partition coefficient (Wildman–Crippen LogP) is 4.01. The van der Waals surface area contributed by atoms with Gasteiger partial charge in [0.1, 0.15) is 5.82 Å². The molecule has 0 unspecified atom stereocenters. The zero-order valence-corrected chi connectivity index (χ0v) is 14.0. The van der Waals surface area contributed by atoms with E-state index in [4.69, 9.17) is 6.42 Å². The number of amides is 1. The van der Waals surface area contributed by atoms with Crippen LogP contribution in [0.5, 0.6) is 0 Å². The molecule has 0 bridgehead atoms. The summed E-state index contributed by atoms with van der Waals surface area (Å²) in [5.41, 5.74) is 0.198. The fourth-order valence-corrected chi connectivity index (χ4v) is 4.33. The number of terminal acetylenes is 1. The minimum atomic E-state index is -0.697. The van der Waals surface area contributed by atoms with E-state index in [0.717, 1.165) is 43.1 Å². The molecule has 3 rings (SSSR count). The number of carbonyl (C=O) groups is 1. The van der Waals surface area contributed by atoms with Crippen LogP contribution < -0.4 is 4.80 Å². The molecule has 1 saturated carbocycles. The van der Waals surface area contributed by atoms with Crippen LogP contribution in [0.25, 0.3) is 10.2 Å². The smallest absolute Gasteiger partial charge is 0.248 e. The summed E-state index contributed by atoms with van der Waals surface area (Å²) in [5, 5.41) is 0. The average molecular weight is 348 g/mol. The van der Waals surface area contributed by atoms with Crippen molar-refractivity contribution in [2.24, 2.45) is 10.9 Å². The van der Waals surface area contributed by atoms with E-state index in [1.54, 1.807) is 0 Å². The van der Waals surface area contributed by atoms with Crippen LogP contribution in [0.15, 0.2) is 17.1 Å². The molecule has 126 valence electrons. The van der Waals surface area contributed by atoms with Gasteiger partial charge < -0.3 is 4.57 Å². The predicted molar refractivity (Wildman–Crippen MR) is 90.3 cm³/mol. The van der Waals surface area contributed by atoms with Gasteiger partial charge in [-0.3, -0.25) is 4.79 Å².